The molecule has 0 heterocycles. The van der Waals surface area contributed by atoms with E-state index < -0.39 is 0 Å². The molecule has 2 nitrogen and oxygen atoms in total. The molecular weight excluding hydrogens is 284 g/mol. The van der Waals surface area contributed by atoms with Crippen LogP contribution in [-0.2, 0) is 0 Å². The standard InChI is InChI=1S/C21H20O2/c1-14-12-17(8-10-19(14)22)21(16-6-4-3-5-7-16)18-9-11-20(23)15(2)13-18/h3-13,21-23H,1-2H3. The van der Waals surface area contributed by atoms with Crippen LogP contribution in [0.3, 0.4) is 0 Å². The Morgan fingerprint density at radius 3 is 1.52 bits per heavy atom. The van der Waals surface area contributed by atoms with Gasteiger partial charge in [-0.15, -0.1) is 0 Å². The van der Waals surface area contributed by atoms with Crippen molar-refractivity contribution in [3.8, 4) is 11.5 Å². The minimum Gasteiger partial charge on any atom is -0.508 e. The first-order valence-electron chi connectivity index (χ1n) is 7.70. The van der Waals surface area contributed by atoms with E-state index in [1.54, 1.807) is 12.1 Å². The second kappa shape index (κ2) is 6.17. The van der Waals surface area contributed by atoms with Gasteiger partial charge in [0.05, 0.1) is 0 Å². The molecule has 0 amide bonds. The Kier molecular flexibility index (Phi) is 4.07. The lowest BCUT2D eigenvalue weighted by molar-refractivity contribution is 0.470. The fourth-order valence-corrected chi connectivity index (χ4v) is 2.94. The van der Waals surface area contributed by atoms with Crippen molar-refractivity contribution in [1.82, 2.24) is 0 Å². The van der Waals surface area contributed by atoms with Crippen LogP contribution < -0.4 is 0 Å². The van der Waals surface area contributed by atoms with Crippen LogP contribution >= 0.6 is 0 Å². The number of aryl methyl sites for hydroxylation is 2. The molecule has 0 saturated carbocycles. The van der Waals surface area contributed by atoms with Crippen LogP contribution in [0.4, 0.5) is 0 Å². The zero-order chi connectivity index (χ0) is 16.4. The molecule has 3 aromatic rings. The molecule has 0 aromatic heterocycles. The van der Waals surface area contributed by atoms with E-state index in [1.807, 2.05) is 56.3 Å². The Labute approximate surface area is 136 Å². The number of phenols is 2. The SMILES string of the molecule is Cc1cc(C(c2ccccc2)c2ccc(O)c(C)c2)ccc1O. The summed E-state index contributed by atoms with van der Waals surface area (Å²) in [5.41, 5.74) is 5.15. The third-order valence-electron chi connectivity index (χ3n) is 4.24. The van der Waals surface area contributed by atoms with E-state index in [1.165, 1.54) is 5.56 Å². The summed E-state index contributed by atoms with van der Waals surface area (Å²) in [5, 5.41) is 19.6. The summed E-state index contributed by atoms with van der Waals surface area (Å²) >= 11 is 0. The first kappa shape index (κ1) is 15.2. The molecule has 0 aliphatic heterocycles. The summed E-state index contributed by atoms with van der Waals surface area (Å²) in [5.74, 6) is 0.680. The van der Waals surface area contributed by atoms with Crippen molar-refractivity contribution in [2.75, 3.05) is 0 Å². The van der Waals surface area contributed by atoms with Gasteiger partial charge in [0.1, 0.15) is 11.5 Å². The molecule has 0 unspecified atom stereocenters. The molecule has 3 aromatic carbocycles. The van der Waals surface area contributed by atoms with Crippen LogP contribution in [0.1, 0.15) is 33.7 Å². The smallest absolute Gasteiger partial charge is 0.118 e. The molecule has 23 heavy (non-hydrogen) atoms. The van der Waals surface area contributed by atoms with E-state index in [4.69, 9.17) is 0 Å². The fraction of sp³-hybridized carbons (Fsp3) is 0.143. The van der Waals surface area contributed by atoms with Gasteiger partial charge in [-0.1, -0.05) is 54.6 Å². The zero-order valence-electron chi connectivity index (χ0n) is 13.3. The minimum absolute atomic E-state index is 0.0646. The summed E-state index contributed by atoms with van der Waals surface area (Å²) in [6.07, 6.45) is 0. The predicted molar refractivity (Wildman–Crippen MR) is 93.1 cm³/mol. The highest BCUT2D eigenvalue weighted by Gasteiger charge is 2.18. The van der Waals surface area contributed by atoms with Gasteiger partial charge in [-0.05, 0) is 53.8 Å². The van der Waals surface area contributed by atoms with Gasteiger partial charge in [0.2, 0.25) is 0 Å². The average Bonchev–Trinajstić information content (AvgIpc) is 2.55. The van der Waals surface area contributed by atoms with Crippen LogP contribution in [0.2, 0.25) is 0 Å². The first-order chi connectivity index (χ1) is 11.1. The summed E-state index contributed by atoms with van der Waals surface area (Å²) in [6.45, 7) is 3.81. The van der Waals surface area contributed by atoms with Crippen LogP contribution in [0.25, 0.3) is 0 Å². The average molecular weight is 304 g/mol. The van der Waals surface area contributed by atoms with Crippen LogP contribution in [0.5, 0.6) is 11.5 Å². The molecule has 0 atom stereocenters. The molecule has 0 aliphatic rings. The molecular formula is C21H20O2. The summed E-state index contributed by atoms with van der Waals surface area (Å²) < 4.78 is 0. The quantitative estimate of drug-likeness (QED) is 0.676. The molecule has 0 fully saturated rings. The van der Waals surface area contributed by atoms with Crippen LogP contribution in [-0.4, -0.2) is 10.2 Å². The van der Waals surface area contributed by atoms with Gasteiger partial charge in [0, 0.05) is 5.92 Å². The van der Waals surface area contributed by atoms with Gasteiger partial charge in [-0.3, -0.25) is 0 Å². The van der Waals surface area contributed by atoms with Crippen molar-refractivity contribution >= 4 is 0 Å². The van der Waals surface area contributed by atoms with Gasteiger partial charge in [0.15, 0.2) is 0 Å². The van der Waals surface area contributed by atoms with E-state index in [-0.39, 0.29) is 5.92 Å². The van der Waals surface area contributed by atoms with E-state index in [0.29, 0.717) is 11.5 Å². The normalized spacial score (nSPS) is 10.9. The lowest BCUT2D eigenvalue weighted by atomic mass is 9.84. The molecule has 0 aliphatic carbocycles. The van der Waals surface area contributed by atoms with Crippen molar-refractivity contribution in [2.24, 2.45) is 0 Å². The molecule has 3 rings (SSSR count). The molecule has 0 bridgehead atoms. The van der Waals surface area contributed by atoms with E-state index in [0.717, 1.165) is 22.3 Å². The zero-order valence-corrected chi connectivity index (χ0v) is 13.3. The van der Waals surface area contributed by atoms with E-state index in [9.17, 15) is 10.2 Å². The summed E-state index contributed by atoms with van der Waals surface area (Å²) in [4.78, 5) is 0. The van der Waals surface area contributed by atoms with Crippen molar-refractivity contribution in [3.63, 3.8) is 0 Å². The number of aromatic hydroxyl groups is 2. The lowest BCUT2D eigenvalue weighted by Gasteiger charge is -2.20. The van der Waals surface area contributed by atoms with E-state index in [2.05, 4.69) is 12.1 Å². The molecule has 0 saturated heterocycles. The van der Waals surface area contributed by atoms with E-state index >= 15 is 0 Å². The van der Waals surface area contributed by atoms with Crippen LogP contribution in [0.15, 0.2) is 66.7 Å². The molecule has 0 spiro atoms. The van der Waals surface area contributed by atoms with Gasteiger partial charge in [-0.25, -0.2) is 0 Å². The second-order valence-corrected chi connectivity index (χ2v) is 5.94. The first-order valence-corrected chi connectivity index (χ1v) is 7.70. The highest BCUT2D eigenvalue weighted by molar-refractivity contribution is 5.48. The van der Waals surface area contributed by atoms with Gasteiger partial charge >= 0.3 is 0 Å². The molecule has 116 valence electrons. The Balaban J connectivity index is 2.17. The summed E-state index contributed by atoms with van der Waals surface area (Å²) in [6, 6.07) is 21.7. The lowest BCUT2D eigenvalue weighted by Crippen LogP contribution is -2.04. The number of rotatable bonds is 3. The number of phenolic OH excluding ortho intramolecular Hbond substituents is 2. The van der Waals surface area contributed by atoms with Gasteiger partial charge in [0.25, 0.3) is 0 Å². The highest BCUT2D eigenvalue weighted by Crippen LogP contribution is 2.35. The molecule has 2 N–H and O–H groups in total. The maximum absolute atomic E-state index is 9.81. The van der Waals surface area contributed by atoms with Gasteiger partial charge in [-0.2, -0.15) is 0 Å². The maximum atomic E-state index is 9.81. The van der Waals surface area contributed by atoms with Crippen molar-refractivity contribution < 1.29 is 10.2 Å². The van der Waals surface area contributed by atoms with Crippen molar-refractivity contribution in [3.05, 3.63) is 94.5 Å². The second-order valence-electron chi connectivity index (χ2n) is 5.94. The third kappa shape index (κ3) is 3.07. The Morgan fingerprint density at radius 2 is 1.09 bits per heavy atom. The number of benzene rings is 3. The Morgan fingerprint density at radius 1 is 0.609 bits per heavy atom. The number of hydrogen-bond acceptors (Lipinski definition) is 2. The third-order valence-corrected chi connectivity index (χ3v) is 4.24. The maximum Gasteiger partial charge on any atom is 0.118 e. The summed E-state index contributed by atoms with van der Waals surface area (Å²) in [7, 11) is 0. The largest absolute Gasteiger partial charge is 0.508 e. The Bertz CT molecular complexity index is 771. The number of hydrogen-bond donors (Lipinski definition) is 2. The molecule has 2 heteroatoms. The monoisotopic (exact) mass is 304 g/mol. The minimum atomic E-state index is 0.0646. The fourth-order valence-electron chi connectivity index (χ4n) is 2.94. The topological polar surface area (TPSA) is 40.5 Å². The van der Waals surface area contributed by atoms with Crippen molar-refractivity contribution in [1.29, 1.82) is 0 Å². The van der Waals surface area contributed by atoms with Crippen LogP contribution in [0, 0.1) is 13.8 Å². The van der Waals surface area contributed by atoms with Crippen molar-refractivity contribution in [2.45, 2.75) is 19.8 Å². The predicted octanol–water partition coefficient (Wildman–Crippen LogP) is 4.89. The molecule has 0 radical (unpaired) electrons. The highest BCUT2D eigenvalue weighted by atomic mass is 16.3. The van der Waals surface area contributed by atoms with Gasteiger partial charge < -0.3 is 10.2 Å². The Hall–Kier alpha value is -2.74.